The average molecular weight is 423 g/mol. The lowest BCUT2D eigenvalue weighted by molar-refractivity contribution is 0.0697. The molecule has 0 radical (unpaired) electrons. The van der Waals surface area contributed by atoms with Crippen molar-refractivity contribution in [1.82, 2.24) is 0 Å². The fourth-order valence-electron chi connectivity index (χ4n) is 5.06. The summed E-state index contributed by atoms with van der Waals surface area (Å²) in [5.41, 5.74) is 6.99. The fraction of sp³-hybridized carbons (Fsp3) is 0.444. The van der Waals surface area contributed by atoms with Gasteiger partial charge in [0.15, 0.2) is 0 Å². The van der Waals surface area contributed by atoms with E-state index in [9.17, 15) is 4.79 Å². The van der Waals surface area contributed by atoms with Crippen LogP contribution in [-0.4, -0.2) is 25.3 Å². The Labute approximate surface area is 185 Å². The van der Waals surface area contributed by atoms with Crippen LogP contribution in [0, 0.1) is 6.92 Å². The maximum absolute atomic E-state index is 11.2. The Hall–Kier alpha value is -2.75. The number of fused-ring (bicyclic) bond motifs is 1. The third-order valence-electron chi connectivity index (χ3n) is 6.72. The normalized spacial score (nSPS) is 17.1. The van der Waals surface area contributed by atoms with Crippen molar-refractivity contribution in [2.45, 2.75) is 65.2 Å². The highest BCUT2D eigenvalue weighted by Crippen LogP contribution is 2.55. The number of aromatic carboxylic acids is 1. The number of carbonyl (C=O) groups is 1. The predicted octanol–water partition coefficient (Wildman–Crippen LogP) is 6.62. The summed E-state index contributed by atoms with van der Waals surface area (Å²) >= 11 is 0. The van der Waals surface area contributed by atoms with Crippen LogP contribution in [-0.2, 0) is 10.8 Å². The Morgan fingerprint density at radius 2 is 1.45 bits per heavy atom. The van der Waals surface area contributed by atoms with Crippen molar-refractivity contribution in [3.63, 3.8) is 0 Å². The minimum atomic E-state index is -0.925. The molecule has 0 saturated carbocycles. The number of benzene rings is 2. The minimum Gasteiger partial charge on any atom is -0.496 e. The van der Waals surface area contributed by atoms with Crippen LogP contribution >= 0.6 is 0 Å². The number of hydrogen-bond donors (Lipinski definition) is 1. The number of hydrogen-bond acceptors (Lipinski definition) is 3. The van der Waals surface area contributed by atoms with Crippen LogP contribution in [0.5, 0.6) is 11.5 Å². The van der Waals surface area contributed by atoms with Gasteiger partial charge in [0.25, 0.3) is 0 Å². The molecule has 1 aliphatic rings. The number of allylic oxidation sites excluding steroid dienone is 1. The van der Waals surface area contributed by atoms with Crippen LogP contribution in [0.3, 0.4) is 0 Å². The molecule has 3 rings (SSSR count). The molecule has 166 valence electrons. The highest BCUT2D eigenvalue weighted by Gasteiger charge is 2.42. The van der Waals surface area contributed by atoms with Crippen LogP contribution in [0.25, 0.3) is 11.6 Å². The Morgan fingerprint density at radius 1 is 0.935 bits per heavy atom. The molecule has 0 spiro atoms. The van der Waals surface area contributed by atoms with Gasteiger partial charge in [-0.15, -0.1) is 0 Å². The summed E-state index contributed by atoms with van der Waals surface area (Å²) < 4.78 is 12.0. The predicted molar refractivity (Wildman–Crippen MR) is 127 cm³/mol. The first-order chi connectivity index (χ1) is 14.4. The van der Waals surface area contributed by atoms with E-state index in [0.717, 1.165) is 41.0 Å². The third kappa shape index (κ3) is 3.96. The quantitative estimate of drug-likeness (QED) is 0.550. The summed E-state index contributed by atoms with van der Waals surface area (Å²) in [5.74, 6) is 0.800. The van der Waals surface area contributed by atoms with Crippen molar-refractivity contribution >= 4 is 17.6 Å². The highest BCUT2D eigenvalue weighted by molar-refractivity contribution is 5.90. The molecule has 0 heterocycles. The van der Waals surface area contributed by atoms with Gasteiger partial charge in [-0.3, -0.25) is 0 Å². The molecular formula is C27H34O4. The van der Waals surface area contributed by atoms with E-state index >= 15 is 0 Å². The van der Waals surface area contributed by atoms with Crippen molar-refractivity contribution < 1.29 is 19.4 Å². The molecule has 2 aromatic rings. The van der Waals surface area contributed by atoms with Crippen LogP contribution in [0.2, 0.25) is 0 Å². The fourth-order valence-corrected chi connectivity index (χ4v) is 5.06. The molecule has 0 amide bonds. The number of carboxylic acid groups (broad SMARTS) is 1. The van der Waals surface area contributed by atoms with Crippen molar-refractivity contribution in [2.75, 3.05) is 14.2 Å². The topological polar surface area (TPSA) is 55.8 Å². The second-order valence-electron chi connectivity index (χ2n) is 9.84. The van der Waals surface area contributed by atoms with Crippen molar-refractivity contribution in [1.29, 1.82) is 0 Å². The molecule has 4 nitrogen and oxygen atoms in total. The van der Waals surface area contributed by atoms with Crippen molar-refractivity contribution in [2.24, 2.45) is 0 Å². The molecule has 0 fully saturated rings. The molecular weight excluding hydrogens is 388 g/mol. The Morgan fingerprint density at radius 3 is 1.94 bits per heavy atom. The van der Waals surface area contributed by atoms with E-state index in [2.05, 4.69) is 47.6 Å². The molecule has 0 bridgehead atoms. The van der Waals surface area contributed by atoms with Crippen LogP contribution in [0.1, 0.15) is 85.6 Å². The number of methoxy groups -OCH3 is 2. The molecule has 0 saturated heterocycles. The lowest BCUT2D eigenvalue weighted by atomic mass is 9.61. The summed E-state index contributed by atoms with van der Waals surface area (Å²) in [6.45, 7) is 13.4. The SMILES string of the molecule is COc1c(C)c2c(c(OC)c1/C(C)=C/c1ccc(C(=O)O)cc1)C(C)(C)CCC2(C)C. The van der Waals surface area contributed by atoms with Crippen molar-refractivity contribution in [3.05, 3.63) is 57.6 Å². The van der Waals surface area contributed by atoms with E-state index in [1.165, 1.54) is 16.7 Å². The lowest BCUT2D eigenvalue weighted by Gasteiger charge is -2.44. The maximum atomic E-state index is 11.2. The van der Waals surface area contributed by atoms with E-state index in [1.807, 2.05) is 12.1 Å². The summed E-state index contributed by atoms with van der Waals surface area (Å²) in [5, 5.41) is 9.16. The summed E-state index contributed by atoms with van der Waals surface area (Å²) in [7, 11) is 3.45. The molecule has 0 atom stereocenters. The van der Waals surface area contributed by atoms with Gasteiger partial charge in [-0.05, 0) is 71.9 Å². The van der Waals surface area contributed by atoms with Gasteiger partial charge in [0.05, 0.1) is 25.3 Å². The van der Waals surface area contributed by atoms with Crippen LogP contribution in [0.15, 0.2) is 24.3 Å². The first-order valence-corrected chi connectivity index (χ1v) is 10.8. The lowest BCUT2D eigenvalue weighted by Crippen LogP contribution is -2.35. The monoisotopic (exact) mass is 422 g/mol. The largest absolute Gasteiger partial charge is 0.496 e. The second kappa shape index (κ2) is 8.07. The van der Waals surface area contributed by atoms with Crippen molar-refractivity contribution in [3.8, 4) is 11.5 Å². The maximum Gasteiger partial charge on any atom is 0.335 e. The molecule has 0 aromatic heterocycles. The van der Waals surface area contributed by atoms with E-state index in [-0.39, 0.29) is 16.4 Å². The van der Waals surface area contributed by atoms with Gasteiger partial charge in [0, 0.05) is 5.56 Å². The average Bonchev–Trinajstić information content (AvgIpc) is 2.70. The van der Waals surface area contributed by atoms with Crippen LogP contribution in [0.4, 0.5) is 0 Å². The molecule has 31 heavy (non-hydrogen) atoms. The molecule has 4 heteroatoms. The van der Waals surface area contributed by atoms with Gasteiger partial charge in [0.1, 0.15) is 11.5 Å². The Balaban J connectivity index is 2.30. The smallest absolute Gasteiger partial charge is 0.335 e. The highest BCUT2D eigenvalue weighted by atomic mass is 16.5. The van der Waals surface area contributed by atoms with Gasteiger partial charge in [-0.2, -0.15) is 0 Å². The molecule has 1 N–H and O–H groups in total. The third-order valence-corrected chi connectivity index (χ3v) is 6.72. The zero-order valence-electron chi connectivity index (χ0n) is 20.0. The van der Waals surface area contributed by atoms with Gasteiger partial charge in [0.2, 0.25) is 0 Å². The van der Waals surface area contributed by atoms with Gasteiger partial charge < -0.3 is 14.6 Å². The standard InChI is InChI=1S/C27H34O4/c1-16(15-18-9-11-19(12-10-18)25(28)29)20-23(30-7)17(2)21-22(24(20)31-8)27(5,6)14-13-26(21,3)4/h9-12,15H,13-14H2,1-8H3,(H,28,29)/b16-15+. The van der Waals surface area contributed by atoms with Gasteiger partial charge >= 0.3 is 5.97 Å². The Kier molecular flexibility index (Phi) is 5.96. The molecule has 0 unspecified atom stereocenters. The number of ether oxygens (including phenoxy) is 2. The summed E-state index contributed by atoms with van der Waals surface area (Å²) in [6, 6.07) is 6.90. The first kappa shape index (κ1) is 22.9. The van der Waals surface area contributed by atoms with E-state index < -0.39 is 5.97 Å². The summed E-state index contributed by atoms with van der Waals surface area (Å²) in [6.07, 6.45) is 4.26. The zero-order valence-corrected chi connectivity index (χ0v) is 20.0. The van der Waals surface area contributed by atoms with E-state index in [4.69, 9.17) is 14.6 Å². The molecule has 2 aromatic carbocycles. The van der Waals surface area contributed by atoms with Gasteiger partial charge in [-0.1, -0.05) is 45.9 Å². The molecule has 1 aliphatic carbocycles. The van der Waals surface area contributed by atoms with Crippen LogP contribution < -0.4 is 9.47 Å². The molecule has 0 aliphatic heterocycles. The minimum absolute atomic E-state index is 0.00854. The van der Waals surface area contributed by atoms with E-state index in [1.54, 1.807) is 26.4 Å². The van der Waals surface area contributed by atoms with E-state index in [0.29, 0.717) is 0 Å². The zero-order chi connectivity index (χ0) is 23.1. The summed E-state index contributed by atoms with van der Waals surface area (Å²) in [4.78, 5) is 11.2. The van der Waals surface area contributed by atoms with Gasteiger partial charge in [-0.25, -0.2) is 4.79 Å². The number of rotatable bonds is 5. The Bertz CT molecular complexity index is 1040. The first-order valence-electron chi connectivity index (χ1n) is 10.8. The second-order valence-corrected chi connectivity index (χ2v) is 9.84. The number of carboxylic acids is 1.